The van der Waals surface area contributed by atoms with Gasteiger partial charge in [0.15, 0.2) is 0 Å². The van der Waals surface area contributed by atoms with Crippen LogP contribution in [0.5, 0.6) is 0 Å². The van der Waals surface area contributed by atoms with Crippen molar-refractivity contribution in [3.05, 3.63) is 28.3 Å². The molecule has 1 rings (SSSR count). The number of nitrogens with two attached hydrogens (primary N) is 1. The van der Waals surface area contributed by atoms with E-state index >= 15 is 0 Å². The second-order valence-corrected chi connectivity index (χ2v) is 4.67. The fourth-order valence-electron chi connectivity index (χ4n) is 1.56. The van der Waals surface area contributed by atoms with Crippen molar-refractivity contribution in [3.63, 3.8) is 0 Å². The molecule has 1 aromatic rings. The van der Waals surface area contributed by atoms with E-state index in [1.165, 1.54) is 0 Å². The Morgan fingerprint density at radius 2 is 2.12 bits per heavy atom. The normalized spacial score (nSPS) is 10.7. The van der Waals surface area contributed by atoms with Crippen LogP contribution < -0.4 is 11.1 Å². The second kappa shape index (κ2) is 6.00. The van der Waals surface area contributed by atoms with E-state index < -0.39 is 0 Å². The lowest BCUT2D eigenvalue weighted by Crippen LogP contribution is -2.27. The highest BCUT2D eigenvalue weighted by Crippen LogP contribution is 2.27. The lowest BCUT2D eigenvalue weighted by Gasteiger charge is -2.14. The van der Waals surface area contributed by atoms with Gasteiger partial charge in [0.1, 0.15) is 0 Å². The van der Waals surface area contributed by atoms with Crippen molar-refractivity contribution in [2.45, 2.75) is 13.5 Å². The van der Waals surface area contributed by atoms with E-state index in [0.29, 0.717) is 23.8 Å². The van der Waals surface area contributed by atoms with E-state index in [2.05, 4.69) is 5.32 Å². The number of amides is 1. The van der Waals surface area contributed by atoms with Crippen LogP contribution in [0.4, 0.5) is 5.69 Å². The average molecular weight is 256 g/mol. The van der Waals surface area contributed by atoms with Crippen molar-refractivity contribution < 1.29 is 4.79 Å². The Morgan fingerprint density at radius 3 is 2.59 bits per heavy atom. The molecule has 0 aliphatic rings. The summed E-state index contributed by atoms with van der Waals surface area (Å²) in [6, 6.07) is 3.71. The molecule has 0 unspecified atom stereocenters. The first kappa shape index (κ1) is 14.0. The molecule has 0 aromatic heterocycles. The number of aryl methyl sites for hydroxylation is 1. The number of carbonyl (C=O) groups is 1. The molecule has 0 aliphatic heterocycles. The lowest BCUT2D eigenvalue weighted by molar-refractivity contribution is -0.116. The molecule has 0 radical (unpaired) electrons. The fourth-order valence-corrected chi connectivity index (χ4v) is 1.89. The Balaban J connectivity index is 2.88. The SMILES string of the molecule is Cc1cc(CN)cc(Cl)c1NC(=O)CN(C)C. The maximum atomic E-state index is 11.6. The van der Waals surface area contributed by atoms with Crippen LogP contribution in [0.2, 0.25) is 5.02 Å². The molecule has 0 saturated carbocycles. The number of anilines is 1. The van der Waals surface area contributed by atoms with Crippen LogP contribution in [0.3, 0.4) is 0 Å². The van der Waals surface area contributed by atoms with Gasteiger partial charge in [-0.2, -0.15) is 0 Å². The van der Waals surface area contributed by atoms with Gasteiger partial charge in [-0.05, 0) is 38.2 Å². The summed E-state index contributed by atoms with van der Waals surface area (Å²) < 4.78 is 0. The van der Waals surface area contributed by atoms with Crippen molar-refractivity contribution in [1.29, 1.82) is 0 Å². The summed E-state index contributed by atoms with van der Waals surface area (Å²) in [5.74, 6) is -0.0829. The first-order valence-corrected chi connectivity index (χ1v) is 5.75. The van der Waals surface area contributed by atoms with Gasteiger partial charge in [-0.3, -0.25) is 4.79 Å². The standard InChI is InChI=1S/C12H18ClN3O/c1-8-4-9(6-14)5-10(13)12(8)15-11(17)7-16(2)3/h4-5H,6-7,14H2,1-3H3,(H,15,17). The number of hydrogen-bond donors (Lipinski definition) is 2. The van der Waals surface area contributed by atoms with Gasteiger partial charge >= 0.3 is 0 Å². The summed E-state index contributed by atoms with van der Waals surface area (Å²) in [6.45, 7) is 2.66. The molecular formula is C12H18ClN3O. The van der Waals surface area contributed by atoms with Gasteiger partial charge in [-0.25, -0.2) is 0 Å². The molecule has 94 valence electrons. The summed E-state index contributed by atoms with van der Waals surface area (Å²) in [7, 11) is 3.68. The number of halogens is 1. The highest BCUT2D eigenvalue weighted by molar-refractivity contribution is 6.34. The number of likely N-dealkylation sites (N-methyl/N-ethyl adjacent to an activating group) is 1. The van der Waals surface area contributed by atoms with E-state index in [1.807, 2.05) is 27.1 Å². The highest BCUT2D eigenvalue weighted by atomic mass is 35.5. The number of carbonyl (C=O) groups excluding carboxylic acids is 1. The molecule has 4 nitrogen and oxygen atoms in total. The largest absolute Gasteiger partial charge is 0.326 e. The summed E-state index contributed by atoms with van der Waals surface area (Å²) in [4.78, 5) is 13.4. The smallest absolute Gasteiger partial charge is 0.238 e. The third kappa shape index (κ3) is 4.00. The number of nitrogens with zero attached hydrogens (tertiary/aromatic N) is 1. The van der Waals surface area contributed by atoms with Crippen LogP contribution in [0.25, 0.3) is 0 Å². The molecule has 0 fully saturated rings. The topological polar surface area (TPSA) is 58.4 Å². The third-order valence-corrected chi connectivity index (χ3v) is 2.61. The van der Waals surface area contributed by atoms with Crippen LogP contribution >= 0.6 is 11.6 Å². The molecule has 17 heavy (non-hydrogen) atoms. The van der Waals surface area contributed by atoms with Gasteiger partial charge in [0.2, 0.25) is 5.91 Å². The van der Waals surface area contributed by atoms with Crippen molar-refractivity contribution in [1.82, 2.24) is 4.90 Å². The highest BCUT2D eigenvalue weighted by Gasteiger charge is 2.10. The molecule has 0 aliphatic carbocycles. The van der Waals surface area contributed by atoms with Crippen LogP contribution in [0.15, 0.2) is 12.1 Å². The minimum Gasteiger partial charge on any atom is -0.326 e. The Morgan fingerprint density at radius 1 is 1.47 bits per heavy atom. The monoisotopic (exact) mass is 255 g/mol. The van der Waals surface area contributed by atoms with Gasteiger partial charge in [0, 0.05) is 6.54 Å². The Bertz CT molecular complexity index is 395. The quantitative estimate of drug-likeness (QED) is 0.859. The van der Waals surface area contributed by atoms with E-state index in [9.17, 15) is 4.79 Å². The van der Waals surface area contributed by atoms with Gasteiger partial charge in [-0.1, -0.05) is 17.7 Å². The number of benzene rings is 1. The molecule has 1 aromatic carbocycles. The molecular weight excluding hydrogens is 238 g/mol. The number of nitrogens with one attached hydrogen (secondary N) is 1. The van der Waals surface area contributed by atoms with Gasteiger partial charge in [0.05, 0.1) is 17.3 Å². The van der Waals surface area contributed by atoms with E-state index in [-0.39, 0.29) is 5.91 Å². The van der Waals surface area contributed by atoms with E-state index in [0.717, 1.165) is 11.1 Å². The Kier molecular flexibility index (Phi) is 4.93. The Labute approximate surface area is 107 Å². The van der Waals surface area contributed by atoms with Crippen LogP contribution in [0, 0.1) is 6.92 Å². The first-order chi connectivity index (χ1) is 7.93. The van der Waals surface area contributed by atoms with Crippen LogP contribution in [0.1, 0.15) is 11.1 Å². The summed E-state index contributed by atoms with van der Waals surface area (Å²) in [5, 5.41) is 3.33. The zero-order valence-corrected chi connectivity index (χ0v) is 11.1. The van der Waals surface area contributed by atoms with Crippen molar-refractivity contribution in [3.8, 4) is 0 Å². The number of hydrogen-bond acceptors (Lipinski definition) is 3. The lowest BCUT2D eigenvalue weighted by atomic mass is 10.1. The van der Waals surface area contributed by atoms with E-state index in [1.54, 1.807) is 11.0 Å². The van der Waals surface area contributed by atoms with Gasteiger partial charge < -0.3 is 16.0 Å². The molecule has 0 spiro atoms. The third-order valence-electron chi connectivity index (χ3n) is 2.31. The summed E-state index contributed by atoms with van der Waals surface area (Å²) in [5.41, 5.74) is 8.09. The summed E-state index contributed by atoms with van der Waals surface area (Å²) in [6.07, 6.45) is 0. The van der Waals surface area contributed by atoms with Crippen molar-refractivity contribution in [2.24, 2.45) is 5.73 Å². The van der Waals surface area contributed by atoms with E-state index in [4.69, 9.17) is 17.3 Å². The predicted octanol–water partition coefficient (Wildman–Crippen LogP) is 1.61. The molecule has 5 heteroatoms. The fraction of sp³-hybridized carbons (Fsp3) is 0.417. The summed E-state index contributed by atoms with van der Waals surface area (Å²) >= 11 is 6.11. The van der Waals surface area contributed by atoms with Crippen LogP contribution in [-0.4, -0.2) is 31.4 Å². The predicted molar refractivity (Wildman–Crippen MR) is 71.3 cm³/mol. The average Bonchev–Trinajstić information content (AvgIpc) is 2.22. The maximum absolute atomic E-state index is 11.6. The van der Waals surface area contributed by atoms with Crippen molar-refractivity contribution >= 4 is 23.2 Å². The first-order valence-electron chi connectivity index (χ1n) is 5.37. The molecule has 3 N–H and O–H groups in total. The minimum atomic E-state index is -0.0829. The number of rotatable bonds is 4. The van der Waals surface area contributed by atoms with Gasteiger partial charge in [0.25, 0.3) is 0 Å². The zero-order chi connectivity index (χ0) is 13.0. The molecule has 1 amide bonds. The molecule has 0 bridgehead atoms. The molecule has 0 heterocycles. The zero-order valence-electron chi connectivity index (χ0n) is 10.4. The van der Waals surface area contributed by atoms with Crippen molar-refractivity contribution in [2.75, 3.05) is 26.0 Å². The Hall–Kier alpha value is -1.10. The maximum Gasteiger partial charge on any atom is 0.238 e. The molecule has 0 atom stereocenters. The molecule has 0 saturated heterocycles. The van der Waals surface area contributed by atoms with Gasteiger partial charge in [-0.15, -0.1) is 0 Å². The minimum absolute atomic E-state index is 0.0829. The second-order valence-electron chi connectivity index (χ2n) is 4.26. The van der Waals surface area contributed by atoms with Crippen LogP contribution in [-0.2, 0) is 11.3 Å².